The molecule has 0 aliphatic carbocycles. The Hall–Kier alpha value is -2.96. The van der Waals surface area contributed by atoms with Gasteiger partial charge in [-0.25, -0.2) is 4.98 Å². The summed E-state index contributed by atoms with van der Waals surface area (Å²) < 4.78 is 5.23. The second-order valence-corrected chi connectivity index (χ2v) is 6.39. The first kappa shape index (κ1) is 15.6. The molecular formula is C18H18N4O3. The lowest BCUT2D eigenvalue weighted by molar-refractivity contribution is 0.0651. The molecule has 3 aromatic rings. The molecule has 1 aliphatic heterocycles. The summed E-state index contributed by atoms with van der Waals surface area (Å²) in [6.07, 6.45) is 6.16. The molecule has 4 rings (SSSR count). The van der Waals surface area contributed by atoms with E-state index in [2.05, 4.69) is 15.1 Å². The molecule has 1 saturated heterocycles. The second-order valence-electron chi connectivity index (χ2n) is 6.39. The van der Waals surface area contributed by atoms with Gasteiger partial charge in [0.1, 0.15) is 0 Å². The quantitative estimate of drug-likeness (QED) is 0.788. The molecule has 3 aromatic heterocycles. The Balaban J connectivity index is 1.40. The lowest BCUT2D eigenvalue weighted by Crippen LogP contribution is -2.38. The van der Waals surface area contributed by atoms with E-state index < -0.39 is 0 Å². The van der Waals surface area contributed by atoms with Crippen molar-refractivity contribution >= 4 is 16.9 Å². The minimum Gasteiger partial charge on any atom is -0.348 e. The highest BCUT2D eigenvalue weighted by molar-refractivity contribution is 6.02. The molecule has 0 radical (unpaired) electrons. The van der Waals surface area contributed by atoms with Crippen LogP contribution >= 0.6 is 0 Å². The number of fused-ring (bicyclic) bond motifs is 1. The molecule has 0 saturated carbocycles. The Kier molecular flexibility index (Phi) is 4.05. The predicted octanol–water partition coefficient (Wildman–Crippen LogP) is 2.01. The number of aromatic nitrogens is 3. The summed E-state index contributed by atoms with van der Waals surface area (Å²) in [4.78, 5) is 32.4. The highest BCUT2D eigenvalue weighted by Gasteiger charge is 2.27. The molecule has 1 aliphatic rings. The van der Waals surface area contributed by atoms with Gasteiger partial charge in [0.25, 0.3) is 5.91 Å². The van der Waals surface area contributed by atoms with Crippen LogP contribution in [0.4, 0.5) is 0 Å². The van der Waals surface area contributed by atoms with Crippen LogP contribution in [0.3, 0.4) is 0 Å². The first-order chi connectivity index (χ1) is 12.2. The van der Waals surface area contributed by atoms with Crippen molar-refractivity contribution in [3.8, 4) is 0 Å². The third-order valence-corrected chi connectivity index (χ3v) is 4.72. The van der Waals surface area contributed by atoms with Gasteiger partial charge in [-0.1, -0.05) is 11.2 Å². The van der Waals surface area contributed by atoms with Crippen molar-refractivity contribution in [1.82, 2.24) is 20.0 Å². The van der Waals surface area contributed by atoms with Crippen LogP contribution in [-0.2, 0) is 6.42 Å². The number of carbonyl (C=O) groups excluding carboxylic acids is 1. The van der Waals surface area contributed by atoms with Crippen LogP contribution in [-0.4, -0.2) is 39.0 Å². The number of likely N-dealkylation sites (tertiary alicyclic amines) is 1. The number of nitrogens with zero attached hydrogens (tertiary/aromatic N) is 3. The molecule has 0 atom stereocenters. The number of hydrogen-bond donors (Lipinski definition) is 1. The molecule has 0 bridgehead atoms. The molecule has 0 unspecified atom stereocenters. The first-order valence-electron chi connectivity index (χ1n) is 8.38. The predicted molar refractivity (Wildman–Crippen MR) is 91.2 cm³/mol. The molecule has 0 spiro atoms. The summed E-state index contributed by atoms with van der Waals surface area (Å²) in [6.45, 7) is 1.38. The van der Waals surface area contributed by atoms with Crippen LogP contribution in [0.1, 0.15) is 29.0 Å². The Morgan fingerprint density at radius 3 is 2.88 bits per heavy atom. The van der Waals surface area contributed by atoms with Gasteiger partial charge >= 0.3 is 0 Å². The van der Waals surface area contributed by atoms with Crippen molar-refractivity contribution in [2.24, 2.45) is 5.92 Å². The van der Waals surface area contributed by atoms with Gasteiger partial charge in [-0.15, -0.1) is 0 Å². The third kappa shape index (κ3) is 3.17. The highest BCUT2D eigenvalue weighted by Crippen LogP contribution is 2.24. The maximum absolute atomic E-state index is 12.7. The van der Waals surface area contributed by atoms with Crippen LogP contribution in [0.5, 0.6) is 0 Å². The van der Waals surface area contributed by atoms with E-state index in [0.29, 0.717) is 30.0 Å². The number of piperidine rings is 1. The molecule has 1 fully saturated rings. The summed E-state index contributed by atoms with van der Waals surface area (Å²) in [5.41, 5.74) is 1.49. The number of amides is 1. The van der Waals surface area contributed by atoms with Crippen molar-refractivity contribution < 1.29 is 9.32 Å². The van der Waals surface area contributed by atoms with Crippen molar-refractivity contribution in [2.75, 3.05) is 13.1 Å². The topological polar surface area (TPSA) is 92.1 Å². The van der Waals surface area contributed by atoms with E-state index in [4.69, 9.17) is 4.52 Å². The zero-order valence-electron chi connectivity index (χ0n) is 13.6. The summed E-state index contributed by atoms with van der Waals surface area (Å²) in [5.74, 6) is 0.642. The maximum atomic E-state index is 12.7. The van der Waals surface area contributed by atoms with Crippen LogP contribution < -0.4 is 5.56 Å². The largest absolute Gasteiger partial charge is 0.348 e. The van der Waals surface area contributed by atoms with Crippen molar-refractivity contribution in [3.63, 3.8) is 0 Å². The Morgan fingerprint density at radius 2 is 2.12 bits per heavy atom. The van der Waals surface area contributed by atoms with Gasteiger partial charge < -0.3 is 14.4 Å². The van der Waals surface area contributed by atoms with Crippen molar-refractivity contribution in [2.45, 2.75) is 19.3 Å². The highest BCUT2D eigenvalue weighted by atomic mass is 16.5. The molecule has 25 heavy (non-hydrogen) atoms. The van der Waals surface area contributed by atoms with Gasteiger partial charge in [0.15, 0.2) is 0 Å². The fourth-order valence-electron chi connectivity index (χ4n) is 3.33. The zero-order chi connectivity index (χ0) is 17.2. The maximum Gasteiger partial charge on any atom is 0.293 e. The van der Waals surface area contributed by atoms with Crippen LogP contribution in [0.2, 0.25) is 0 Å². The summed E-state index contributed by atoms with van der Waals surface area (Å²) in [5, 5.41) is 4.51. The molecule has 4 heterocycles. The molecule has 0 aromatic carbocycles. The van der Waals surface area contributed by atoms with E-state index in [9.17, 15) is 9.59 Å². The van der Waals surface area contributed by atoms with Crippen LogP contribution in [0, 0.1) is 5.92 Å². The lowest BCUT2D eigenvalue weighted by atomic mass is 9.90. The summed E-state index contributed by atoms with van der Waals surface area (Å²) in [6, 6.07) is 6.99. The van der Waals surface area contributed by atoms with Gasteiger partial charge in [0.05, 0.1) is 5.39 Å². The van der Waals surface area contributed by atoms with Gasteiger partial charge in [-0.05, 0) is 42.9 Å². The molecule has 128 valence electrons. The average molecular weight is 338 g/mol. The third-order valence-electron chi connectivity index (χ3n) is 4.72. The van der Waals surface area contributed by atoms with E-state index in [0.717, 1.165) is 24.8 Å². The van der Waals surface area contributed by atoms with Crippen LogP contribution in [0.25, 0.3) is 11.0 Å². The van der Waals surface area contributed by atoms with E-state index in [1.165, 1.54) is 0 Å². The molecule has 1 N–H and O–H groups in total. The summed E-state index contributed by atoms with van der Waals surface area (Å²) >= 11 is 0. The molecular weight excluding hydrogens is 320 g/mol. The zero-order valence-corrected chi connectivity index (χ0v) is 13.6. The van der Waals surface area contributed by atoms with Gasteiger partial charge in [-0.3, -0.25) is 9.59 Å². The minimum atomic E-state index is -0.127. The molecule has 7 heteroatoms. The first-order valence-corrected chi connectivity index (χ1v) is 8.38. The smallest absolute Gasteiger partial charge is 0.293 e. The normalized spacial score (nSPS) is 15.6. The monoisotopic (exact) mass is 338 g/mol. The Morgan fingerprint density at radius 1 is 1.28 bits per heavy atom. The Labute approximate surface area is 143 Å². The number of carbonyl (C=O) groups is 1. The van der Waals surface area contributed by atoms with E-state index >= 15 is 0 Å². The SMILES string of the molecule is O=C(c1onc2ncccc12)N1CCC(Cc2ccc(=O)[nH]c2)CC1. The molecule has 7 nitrogen and oxygen atoms in total. The minimum absolute atomic E-state index is 0.0852. The number of rotatable bonds is 3. The van der Waals surface area contributed by atoms with E-state index in [1.54, 1.807) is 30.6 Å². The molecule has 1 amide bonds. The fraction of sp³-hybridized carbons (Fsp3) is 0.333. The van der Waals surface area contributed by atoms with Crippen molar-refractivity contribution in [3.05, 3.63) is 58.3 Å². The van der Waals surface area contributed by atoms with Crippen molar-refractivity contribution in [1.29, 1.82) is 0 Å². The number of pyridine rings is 2. The van der Waals surface area contributed by atoms with Gasteiger partial charge in [0.2, 0.25) is 17.0 Å². The number of nitrogens with one attached hydrogen (secondary N) is 1. The Bertz CT molecular complexity index is 934. The fourth-order valence-corrected chi connectivity index (χ4v) is 3.33. The standard InChI is InChI=1S/C18H18N4O3/c23-15-4-3-13(11-20-15)10-12-5-8-22(9-6-12)18(24)16-14-2-1-7-19-17(14)21-25-16/h1-4,7,11-12H,5-6,8-10H2,(H,20,23). The van der Waals surface area contributed by atoms with Gasteiger partial charge in [0, 0.05) is 31.5 Å². The average Bonchev–Trinajstić information content (AvgIpc) is 3.08. The van der Waals surface area contributed by atoms with E-state index in [1.807, 2.05) is 11.0 Å². The number of hydrogen-bond acceptors (Lipinski definition) is 5. The second kappa shape index (κ2) is 6.51. The van der Waals surface area contributed by atoms with E-state index in [-0.39, 0.29) is 17.2 Å². The van der Waals surface area contributed by atoms with Crippen LogP contribution in [0.15, 0.2) is 46.0 Å². The van der Waals surface area contributed by atoms with Gasteiger partial charge in [-0.2, -0.15) is 0 Å². The number of aromatic amines is 1. The number of H-pyrrole nitrogens is 1. The summed E-state index contributed by atoms with van der Waals surface area (Å²) in [7, 11) is 0. The lowest BCUT2D eigenvalue weighted by Gasteiger charge is -2.31.